The number of hydrazine groups is 1. The van der Waals surface area contributed by atoms with Crippen LogP contribution in [0.2, 0.25) is 0 Å². The van der Waals surface area contributed by atoms with Gasteiger partial charge in [-0.15, -0.1) is 0 Å². The molecule has 1 aliphatic heterocycles. The summed E-state index contributed by atoms with van der Waals surface area (Å²) in [5.74, 6) is 0.604. The largest absolute Gasteiger partial charge is 0.480 e. The van der Waals surface area contributed by atoms with Gasteiger partial charge in [-0.1, -0.05) is 0 Å². The molecule has 0 saturated heterocycles. The molecule has 0 fully saturated rings. The minimum Gasteiger partial charge on any atom is -0.480 e. The zero-order chi connectivity index (χ0) is 24.1. The molecule has 11 nitrogen and oxygen atoms in total. The zero-order valence-corrected chi connectivity index (χ0v) is 20.2. The molecule has 0 aliphatic carbocycles. The lowest BCUT2D eigenvalue weighted by atomic mass is 10.2. The predicted octanol–water partition coefficient (Wildman–Crippen LogP) is 1.75. The van der Waals surface area contributed by atoms with Crippen LogP contribution in [0.5, 0.6) is 0 Å². The minimum absolute atomic E-state index is 0.425. The van der Waals surface area contributed by atoms with Crippen LogP contribution in [0.25, 0.3) is 0 Å². The molecule has 11 heteroatoms. The first kappa shape index (κ1) is 24.6. The molecule has 3 heterocycles. The van der Waals surface area contributed by atoms with Crippen LogP contribution in [-0.4, -0.2) is 97.0 Å². The van der Waals surface area contributed by atoms with Gasteiger partial charge in [-0.05, 0) is 45.6 Å². The number of nitrogens with one attached hydrogen (secondary N) is 1. The van der Waals surface area contributed by atoms with Crippen molar-refractivity contribution in [2.45, 2.75) is 19.9 Å². The highest BCUT2D eigenvalue weighted by atomic mass is 16.5. The molecule has 3 rings (SSSR count). The number of aryl methyl sites for hydroxylation is 1. The number of aromatic nitrogens is 3. The van der Waals surface area contributed by atoms with Crippen LogP contribution < -0.4 is 15.2 Å². The molecule has 180 valence electrons. The molecule has 0 bridgehead atoms. The van der Waals surface area contributed by atoms with Gasteiger partial charge in [-0.2, -0.15) is 9.99 Å². The Kier molecular flexibility index (Phi) is 8.01. The topological polar surface area (TPSA) is 110 Å². The van der Waals surface area contributed by atoms with Gasteiger partial charge in [0.2, 0.25) is 5.95 Å². The van der Waals surface area contributed by atoms with E-state index in [1.165, 1.54) is 0 Å². The van der Waals surface area contributed by atoms with E-state index in [0.717, 1.165) is 5.56 Å². The summed E-state index contributed by atoms with van der Waals surface area (Å²) in [5, 5.41) is 17.3. The normalized spacial score (nSPS) is 15.7. The number of nitrogens with zero attached hydrogens (tertiary/aromatic N) is 7. The summed E-state index contributed by atoms with van der Waals surface area (Å²) in [6, 6.07) is 2.90. The number of ether oxygens (including phenoxy) is 1. The summed E-state index contributed by atoms with van der Waals surface area (Å²) >= 11 is 0. The zero-order valence-electron chi connectivity index (χ0n) is 20.2. The van der Waals surface area contributed by atoms with Gasteiger partial charge in [0.05, 0.1) is 13.2 Å². The molecule has 0 radical (unpaired) electrons. The molecule has 1 atom stereocenters. The highest BCUT2D eigenvalue weighted by Gasteiger charge is 2.44. The minimum atomic E-state index is -0.961. The number of fused-ring (bicyclic) bond motifs is 1. The monoisotopic (exact) mass is 458 g/mol. The second kappa shape index (κ2) is 10.7. The van der Waals surface area contributed by atoms with Crippen molar-refractivity contribution in [1.82, 2.24) is 24.9 Å². The lowest BCUT2D eigenvalue weighted by Crippen LogP contribution is -2.46. The van der Waals surface area contributed by atoms with Crippen LogP contribution in [0.1, 0.15) is 24.2 Å². The summed E-state index contributed by atoms with van der Waals surface area (Å²) in [6.45, 7) is 6.60. The fraction of sp³-hybridized carbons (Fsp3) is 0.545. The molecule has 2 aromatic rings. The third-order valence-electron chi connectivity index (χ3n) is 5.25. The predicted molar refractivity (Wildman–Crippen MR) is 128 cm³/mol. The van der Waals surface area contributed by atoms with Gasteiger partial charge in [-0.3, -0.25) is 9.80 Å². The number of aliphatic carboxylic acids is 1. The van der Waals surface area contributed by atoms with Crippen molar-refractivity contribution in [3.8, 4) is 0 Å². The summed E-state index contributed by atoms with van der Waals surface area (Å²) in [5.41, 5.74) is 2.14. The van der Waals surface area contributed by atoms with Crippen LogP contribution in [-0.2, 0) is 9.53 Å². The third kappa shape index (κ3) is 5.67. The molecular formula is C22H34N8O3. The molecule has 1 unspecified atom stereocenters. The Balaban J connectivity index is 2.14. The van der Waals surface area contributed by atoms with Crippen LogP contribution >= 0.6 is 0 Å². The van der Waals surface area contributed by atoms with Crippen LogP contribution in [0.3, 0.4) is 0 Å². The molecule has 2 aromatic heterocycles. The molecular weight excluding hydrogens is 424 g/mol. The molecule has 1 aliphatic rings. The van der Waals surface area contributed by atoms with Gasteiger partial charge in [0.25, 0.3) is 0 Å². The highest BCUT2D eigenvalue weighted by Crippen LogP contribution is 2.44. The van der Waals surface area contributed by atoms with Crippen molar-refractivity contribution < 1.29 is 14.6 Å². The Labute approximate surface area is 195 Å². The van der Waals surface area contributed by atoms with Crippen LogP contribution in [0, 0.1) is 6.92 Å². The lowest BCUT2D eigenvalue weighted by molar-refractivity contribution is -0.143. The van der Waals surface area contributed by atoms with E-state index in [2.05, 4.69) is 15.3 Å². The van der Waals surface area contributed by atoms with E-state index in [0.29, 0.717) is 61.8 Å². The van der Waals surface area contributed by atoms with E-state index in [-0.39, 0.29) is 0 Å². The van der Waals surface area contributed by atoms with Crippen molar-refractivity contribution in [2.75, 3.05) is 76.3 Å². The first-order valence-electron chi connectivity index (χ1n) is 11.0. The summed E-state index contributed by atoms with van der Waals surface area (Å²) < 4.78 is 5.61. The maximum Gasteiger partial charge on any atom is 0.329 e. The number of pyridine rings is 1. The molecule has 0 aromatic carbocycles. The smallest absolute Gasteiger partial charge is 0.329 e. The standard InChI is InChI=1S/C22H34N8O3/c1-7-33-13-12-30-18-17(19(21(31)32)29(30)11-10-27(3)4)25-22(28(5)6)26-20(18)24-16-14-15(2)8-9-23-16/h8-9,14,19H,7,10-13H2,1-6H3,(H,31,32)(H,23,24,25,26). The van der Waals surface area contributed by atoms with Crippen LogP contribution in [0.15, 0.2) is 18.3 Å². The third-order valence-corrected chi connectivity index (χ3v) is 5.25. The van der Waals surface area contributed by atoms with Crippen molar-refractivity contribution in [2.24, 2.45) is 0 Å². The number of carboxylic acid groups (broad SMARTS) is 1. The second-order valence-corrected chi connectivity index (χ2v) is 8.37. The number of anilines is 4. The Morgan fingerprint density at radius 2 is 2.00 bits per heavy atom. The maximum atomic E-state index is 12.5. The second-order valence-electron chi connectivity index (χ2n) is 8.37. The van der Waals surface area contributed by atoms with E-state index < -0.39 is 12.0 Å². The highest BCUT2D eigenvalue weighted by molar-refractivity contribution is 5.85. The molecule has 33 heavy (non-hydrogen) atoms. The molecule has 0 spiro atoms. The number of carbonyl (C=O) groups is 1. The summed E-state index contributed by atoms with van der Waals surface area (Å²) in [7, 11) is 7.59. The Hall–Kier alpha value is -3.02. The number of hydrogen-bond donors (Lipinski definition) is 2. The van der Waals surface area contributed by atoms with Crippen molar-refractivity contribution in [3.05, 3.63) is 29.6 Å². The van der Waals surface area contributed by atoms with Crippen molar-refractivity contribution in [3.63, 3.8) is 0 Å². The van der Waals surface area contributed by atoms with Gasteiger partial charge in [-0.25, -0.2) is 9.97 Å². The molecule has 0 amide bonds. The number of likely N-dealkylation sites (N-methyl/N-ethyl adjacent to an activating group) is 1. The Morgan fingerprint density at radius 3 is 2.61 bits per heavy atom. The van der Waals surface area contributed by atoms with Gasteiger partial charge >= 0.3 is 5.97 Å². The van der Waals surface area contributed by atoms with E-state index in [1.54, 1.807) is 11.1 Å². The van der Waals surface area contributed by atoms with Gasteiger partial charge in [0.15, 0.2) is 11.9 Å². The molecule has 0 saturated carbocycles. The lowest BCUT2D eigenvalue weighted by Gasteiger charge is -2.33. The van der Waals surface area contributed by atoms with E-state index >= 15 is 0 Å². The summed E-state index contributed by atoms with van der Waals surface area (Å²) in [4.78, 5) is 30.1. The number of hydrogen-bond acceptors (Lipinski definition) is 10. The Morgan fingerprint density at radius 1 is 1.24 bits per heavy atom. The van der Waals surface area contributed by atoms with Crippen molar-refractivity contribution >= 4 is 29.2 Å². The first-order chi connectivity index (χ1) is 15.7. The van der Waals surface area contributed by atoms with Crippen LogP contribution in [0.4, 0.5) is 23.3 Å². The SMILES string of the molecule is CCOCCN1c2c(Nc3cc(C)ccn3)nc(N(C)C)nc2C(C(=O)O)N1CCN(C)C. The van der Waals surface area contributed by atoms with Gasteiger partial charge < -0.3 is 25.0 Å². The van der Waals surface area contributed by atoms with Gasteiger partial charge in [0, 0.05) is 40.0 Å². The van der Waals surface area contributed by atoms with Gasteiger partial charge in [0.1, 0.15) is 17.2 Å². The Bertz CT molecular complexity index is 969. The average molecular weight is 459 g/mol. The van der Waals surface area contributed by atoms with E-state index in [1.807, 2.05) is 69.1 Å². The van der Waals surface area contributed by atoms with Crippen molar-refractivity contribution in [1.29, 1.82) is 0 Å². The number of carboxylic acids is 1. The average Bonchev–Trinajstić information content (AvgIpc) is 3.06. The fourth-order valence-electron chi connectivity index (χ4n) is 3.66. The summed E-state index contributed by atoms with van der Waals surface area (Å²) in [6.07, 6.45) is 1.72. The first-order valence-corrected chi connectivity index (χ1v) is 11.0. The number of rotatable bonds is 11. The van der Waals surface area contributed by atoms with E-state index in [9.17, 15) is 9.90 Å². The molecule has 2 N–H and O–H groups in total. The fourth-order valence-corrected chi connectivity index (χ4v) is 3.66. The quantitative estimate of drug-likeness (QED) is 0.481. The van der Waals surface area contributed by atoms with E-state index in [4.69, 9.17) is 9.72 Å². The maximum absolute atomic E-state index is 12.5.